The number of benzene rings is 2. The smallest absolute Gasteiger partial charge is 0.161 e. The van der Waals surface area contributed by atoms with E-state index in [1.807, 2.05) is 50.4 Å². The number of hydrogen-bond acceptors (Lipinski definition) is 3. The lowest BCUT2D eigenvalue weighted by Crippen LogP contribution is -2.31. The minimum Gasteiger partial charge on any atom is -0.493 e. The van der Waals surface area contributed by atoms with Crippen molar-refractivity contribution >= 4 is 0 Å². The molecular formula is C18H23NO2. The Morgan fingerprint density at radius 2 is 1.71 bits per heavy atom. The molecule has 0 bridgehead atoms. The normalized spacial score (nSPS) is 13.5. The molecule has 3 nitrogen and oxygen atoms in total. The summed E-state index contributed by atoms with van der Waals surface area (Å²) in [7, 11) is 3.61. The topological polar surface area (TPSA) is 30.5 Å². The molecule has 2 aromatic carbocycles. The van der Waals surface area contributed by atoms with Crippen molar-refractivity contribution in [1.82, 2.24) is 5.32 Å². The lowest BCUT2D eigenvalue weighted by Gasteiger charge is -2.25. The fraction of sp³-hybridized carbons (Fsp3) is 0.333. The molecule has 112 valence electrons. The second-order valence-electron chi connectivity index (χ2n) is 5.15. The van der Waals surface area contributed by atoms with Gasteiger partial charge in [0.05, 0.1) is 13.2 Å². The molecule has 0 fully saturated rings. The van der Waals surface area contributed by atoms with Gasteiger partial charge in [-0.1, -0.05) is 36.4 Å². The van der Waals surface area contributed by atoms with Gasteiger partial charge in [0.1, 0.15) is 6.10 Å². The van der Waals surface area contributed by atoms with Crippen LogP contribution in [-0.2, 0) is 0 Å². The quantitative estimate of drug-likeness (QED) is 0.877. The fourth-order valence-corrected chi connectivity index (χ4v) is 2.47. The minimum absolute atomic E-state index is 0.0194. The van der Waals surface area contributed by atoms with Gasteiger partial charge in [-0.25, -0.2) is 0 Å². The first-order valence-electron chi connectivity index (χ1n) is 7.19. The van der Waals surface area contributed by atoms with E-state index in [0.717, 1.165) is 17.1 Å². The molecule has 0 aliphatic heterocycles. The Morgan fingerprint density at radius 3 is 2.33 bits per heavy atom. The highest BCUT2D eigenvalue weighted by Gasteiger charge is 2.20. The first-order valence-corrected chi connectivity index (χ1v) is 7.19. The molecule has 2 atom stereocenters. The van der Waals surface area contributed by atoms with Crippen LogP contribution in [0.4, 0.5) is 0 Å². The second kappa shape index (κ2) is 7.14. The molecule has 1 N–H and O–H groups in total. The monoisotopic (exact) mass is 285 g/mol. The lowest BCUT2D eigenvalue weighted by atomic mass is 10.0. The van der Waals surface area contributed by atoms with Crippen LogP contribution < -0.4 is 14.8 Å². The minimum atomic E-state index is -0.0194. The summed E-state index contributed by atoms with van der Waals surface area (Å²) in [6, 6.07) is 16.4. The largest absolute Gasteiger partial charge is 0.493 e. The van der Waals surface area contributed by atoms with Crippen LogP contribution in [0.5, 0.6) is 11.5 Å². The Hall–Kier alpha value is -2.00. The second-order valence-corrected chi connectivity index (χ2v) is 5.15. The van der Waals surface area contributed by atoms with Crippen LogP contribution in [0.25, 0.3) is 0 Å². The maximum Gasteiger partial charge on any atom is 0.161 e. The number of rotatable bonds is 6. The summed E-state index contributed by atoms with van der Waals surface area (Å²) >= 11 is 0. The molecule has 0 aliphatic rings. The fourth-order valence-electron chi connectivity index (χ4n) is 2.47. The van der Waals surface area contributed by atoms with Crippen molar-refractivity contribution in [2.45, 2.75) is 26.0 Å². The Kier molecular flexibility index (Phi) is 5.23. The van der Waals surface area contributed by atoms with Gasteiger partial charge in [-0.3, -0.25) is 0 Å². The Labute approximate surface area is 126 Å². The Bertz CT molecular complexity index is 569. The Balaban J connectivity index is 2.18. The average molecular weight is 285 g/mol. The third-order valence-corrected chi connectivity index (χ3v) is 3.57. The highest BCUT2D eigenvalue weighted by molar-refractivity contribution is 5.42. The van der Waals surface area contributed by atoms with E-state index < -0.39 is 0 Å². The first kappa shape index (κ1) is 15.4. The molecule has 21 heavy (non-hydrogen) atoms. The maximum absolute atomic E-state index is 6.11. The van der Waals surface area contributed by atoms with Crippen LogP contribution in [0.3, 0.4) is 0 Å². The molecule has 3 heteroatoms. The van der Waals surface area contributed by atoms with Crippen molar-refractivity contribution in [2.75, 3.05) is 14.2 Å². The van der Waals surface area contributed by atoms with Gasteiger partial charge in [0.2, 0.25) is 0 Å². The van der Waals surface area contributed by atoms with Gasteiger partial charge in [0.15, 0.2) is 11.5 Å². The van der Waals surface area contributed by atoms with E-state index in [2.05, 4.69) is 24.4 Å². The zero-order valence-electron chi connectivity index (χ0n) is 13.1. The van der Waals surface area contributed by atoms with E-state index in [0.29, 0.717) is 0 Å². The highest BCUT2D eigenvalue weighted by Crippen LogP contribution is 2.30. The van der Waals surface area contributed by atoms with E-state index in [4.69, 9.17) is 9.47 Å². The molecule has 0 radical (unpaired) electrons. The van der Waals surface area contributed by atoms with E-state index in [1.165, 1.54) is 5.56 Å². The number of methoxy groups -OCH3 is 1. The summed E-state index contributed by atoms with van der Waals surface area (Å²) in [5, 5.41) is 3.32. The van der Waals surface area contributed by atoms with Gasteiger partial charge >= 0.3 is 0 Å². The van der Waals surface area contributed by atoms with Crippen molar-refractivity contribution < 1.29 is 9.47 Å². The van der Waals surface area contributed by atoms with Gasteiger partial charge < -0.3 is 14.8 Å². The molecule has 0 aromatic heterocycles. The molecule has 0 saturated heterocycles. The van der Waals surface area contributed by atoms with Crippen LogP contribution in [0.15, 0.2) is 48.5 Å². The first-order chi connectivity index (χ1) is 10.2. The summed E-state index contributed by atoms with van der Waals surface area (Å²) in [5.41, 5.74) is 2.36. The van der Waals surface area contributed by atoms with E-state index >= 15 is 0 Å². The molecule has 0 spiro atoms. The number of likely N-dealkylation sites (N-methyl/N-ethyl adjacent to an activating group) is 1. The average Bonchev–Trinajstić information content (AvgIpc) is 2.51. The molecular weight excluding hydrogens is 262 g/mol. The van der Waals surface area contributed by atoms with Crippen LogP contribution in [0.1, 0.15) is 24.1 Å². The number of nitrogens with one attached hydrogen (secondary N) is 1. The zero-order chi connectivity index (χ0) is 15.2. The summed E-state index contributed by atoms with van der Waals surface area (Å²) in [6.07, 6.45) is -0.0194. The van der Waals surface area contributed by atoms with Gasteiger partial charge in [-0.2, -0.15) is 0 Å². The summed E-state index contributed by atoms with van der Waals surface area (Å²) in [4.78, 5) is 0. The van der Waals surface area contributed by atoms with Gasteiger partial charge in [-0.05, 0) is 44.2 Å². The predicted octanol–water partition coefficient (Wildman–Crippen LogP) is 3.73. The molecule has 2 rings (SSSR count). The number of hydrogen-bond donors (Lipinski definition) is 1. The third kappa shape index (κ3) is 3.76. The zero-order valence-corrected chi connectivity index (χ0v) is 13.1. The third-order valence-electron chi connectivity index (χ3n) is 3.57. The molecule has 0 aliphatic carbocycles. The molecule has 2 aromatic rings. The number of ether oxygens (including phenoxy) is 2. The maximum atomic E-state index is 6.11. The van der Waals surface area contributed by atoms with Crippen molar-refractivity contribution in [2.24, 2.45) is 0 Å². The van der Waals surface area contributed by atoms with Crippen molar-refractivity contribution in [3.05, 3.63) is 59.7 Å². The van der Waals surface area contributed by atoms with Crippen LogP contribution in [-0.4, -0.2) is 20.3 Å². The van der Waals surface area contributed by atoms with Crippen molar-refractivity contribution in [1.29, 1.82) is 0 Å². The van der Waals surface area contributed by atoms with E-state index in [9.17, 15) is 0 Å². The van der Waals surface area contributed by atoms with Crippen molar-refractivity contribution in [3.8, 4) is 11.5 Å². The van der Waals surface area contributed by atoms with Crippen LogP contribution in [0, 0.1) is 6.92 Å². The van der Waals surface area contributed by atoms with Crippen LogP contribution in [0.2, 0.25) is 0 Å². The summed E-state index contributed by atoms with van der Waals surface area (Å²) < 4.78 is 11.5. The lowest BCUT2D eigenvalue weighted by molar-refractivity contribution is 0.169. The van der Waals surface area contributed by atoms with Crippen LogP contribution >= 0.6 is 0 Å². The van der Waals surface area contributed by atoms with Gasteiger partial charge in [0.25, 0.3) is 0 Å². The van der Waals surface area contributed by atoms with Gasteiger partial charge in [0, 0.05) is 0 Å². The highest BCUT2D eigenvalue weighted by atomic mass is 16.5. The predicted molar refractivity (Wildman–Crippen MR) is 86.1 cm³/mol. The summed E-state index contributed by atoms with van der Waals surface area (Å²) in [5.74, 6) is 1.54. The number of aryl methyl sites for hydroxylation is 1. The SMILES string of the molecule is CNC(c1ccccc1)C(C)Oc1ccc(C)cc1OC. The van der Waals surface area contributed by atoms with E-state index in [1.54, 1.807) is 7.11 Å². The molecule has 2 unspecified atom stereocenters. The van der Waals surface area contributed by atoms with E-state index in [-0.39, 0.29) is 12.1 Å². The summed E-state index contributed by atoms with van der Waals surface area (Å²) in [6.45, 7) is 4.10. The molecule has 0 amide bonds. The standard InChI is InChI=1S/C18H23NO2/c1-13-10-11-16(17(12-13)20-4)21-14(2)18(19-3)15-8-6-5-7-9-15/h5-12,14,18-19H,1-4H3. The Morgan fingerprint density at radius 1 is 1.00 bits per heavy atom. The van der Waals surface area contributed by atoms with Gasteiger partial charge in [-0.15, -0.1) is 0 Å². The molecule has 0 saturated carbocycles. The molecule has 0 heterocycles. The van der Waals surface area contributed by atoms with Crippen molar-refractivity contribution in [3.63, 3.8) is 0 Å².